The molecule has 0 bridgehead atoms. The first kappa shape index (κ1) is 16.7. The quantitative estimate of drug-likeness (QED) is 0.887. The summed E-state index contributed by atoms with van der Waals surface area (Å²) in [5, 5.41) is 16.6. The number of aromatic nitrogens is 2. The molecule has 1 atom stereocenters. The number of rotatable bonds is 5. The Hall–Kier alpha value is -2.14. The first-order valence-corrected chi connectivity index (χ1v) is 8.69. The third-order valence-electron chi connectivity index (χ3n) is 4.61. The summed E-state index contributed by atoms with van der Waals surface area (Å²) in [7, 11) is 0. The third kappa shape index (κ3) is 3.36. The third-order valence-corrected chi connectivity index (χ3v) is 4.61. The molecule has 2 N–H and O–H groups in total. The largest absolute Gasteiger partial charge is 0.396 e. The van der Waals surface area contributed by atoms with Crippen LogP contribution < -0.4 is 5.32 Å². The van der Waals surface area contributed by atoms with Crippen LogP contribution in [0.25, 0.3) is 5.69 Å². The van der Waals surface area contributed by atoms with E-state index in [1.165, 1.54) is 5.56 Å². The first-order chi connectivity index (χ1) is 11.6. The van der Waals surface area contributed by atoms with Gasteiger partial charge in [-0.2, -0.15) is 5.10 Å². The number of hydrogen-bond acceptors (Lipinski definition) is 3. The highest BCUT2D eigenvalue weighted by molar-refractivity contribution is 5.94. The van der Waals surface area contributed by atoms with Gasteiger partial charge in [0.2, 0.25) is 0 Å². The molecule has 1 aliphatic rings. The maximum absolute atomic E-state index is 12.6. The molecule has 5 nitrogen and oxygen atoms in total. The van der Waals surface area contributed by atoms with Crippen molar-refractivity contribution in [2.45, 2.75) is 52.0 Å². The van der Waals surface area contributed by atoms with Gasteiger partial charge in [-0.3, -0.25) is 4.79 Å². The van der Waals surface area contributed by atoms with Gasteiger partial charge in [0.15, 0.2) is 5.69 Å². The average molecular weight is 327 g/mol. The molecule has 5 heteroatoms. The van der Waals surface area contributed by atoms with Crippen LogP contribution in [0.3, 0.4) is 0 Å². The molecule has 0 saturated heterocycles. The summed E-state index contributed by atoms with van der Waals surface area (Å²) < 4.78 is 1.93. The summed E-state index contributed by atoms with van der Waals surface area (Å²) in [5.41, 5.74) is 4.98. The normalized spacial score (nSPS) is 15.0. The lowest BCUT2D eigenvalue weighted by Crippen LogP contribution is -2.34. The van der Waals surface area contributed by atoms with E-state index in [0.717, 1.165) is 42.6 Å². The van der Waals surface area contributed by atoms with Crippen LogP contribution in [0, 0.1) is 6.92 Å². The minimum atomic E-state index is -0.139. The molecule has 1 amide bonds. The van der Waals surface area contributed by atoms with Crippen molar-refractivity contribution in [1.82, 2.24) is 15.1 Å². The molecular formula is C19H25N3O2. The summed E-state index contributed by atoms with van der Waals surface area (Å²) in [4.78, 5) is 12.6. The molecule has 0 saturated carbocycles. The van der Waals surface area contributed by atoms with E-state index in [-0.39, 0.29) is 18.6 Å². The van der Waals surface area contributed by atoms with Crippen LogP contribution in [-0.2, 0) is 12.8 Å². The Balaban J connectivity index is 1.95. The van der Waals surface area contributed by atoms with Gasteiger partial charge in [-0.1, -0.05) is 17.7 Å². The molecule has 3 rings (SSSR count). The smallest absolute Gasteiger partial charge is 0.272 e. The van der Waals surface area contributed by atoms with Gasteiger partial charge in [0, 0.05) is 23.9 Å². The second kappa shape index (κ2) is 7.18. The van der Waals surface area contributed by atoms with Crippen molar-refractivity contribution in [3.8, 4) is 5.69 Å². The number of aliphatic hydroxyl groups is 1. The standard InChI is InChI=1S/C19H25N3O2/c1-13-7-9-15(10-8-13)22-17-6-4-3-5-16(17)18(21-22)19(24)20-14(2)11-12-23/h7-10,14,23H,3-6,11-12H2,1-2H3,(H,20,24)/t14-/m1/s1. The molecular weight excluding hydrogens is 302 g/mol. The highest BCUT2D eigenvalue weighted by atomic mass is 16.3. The molecule has 0 spiro atoms. The van der Waals surface area contributed by atoms with E-state index in [2.05, 4.69) is 29.5 Å². The zero-order chi connectivity index (χ0) is 17.1. The molecule has 2 aromatic rings. The van der Waals surface area contributed by atoms with E-state index in [1.807, 2.05) is 23.7 Å². The highest BCUT2D eigenvalue weighted by Crippen LogP contribution is 2.27. The number of nitrogens with zero attached hydrogens (tertiary/aromatic N) is 2. The van der Waals surface area contributed by atoms with Crippen LogP contribution in [0.1, 0.15) is 53.5 Å². The topological polar surface area (TPSA) is 67.2 Å². The average Bonchev–Trinajstić information content (AvgIpc) is 2.95. The molecule has 1 heterocycles. The van der Waals surface area contributed by atoms with E-state index < -0.39 is 0 Å². The molecule has 0 unspecified atom stereocenters. The number of carbonyl (C=O) groups is 1. The van der Waals surface area contributed by atoms with Crippen LogP contribution in [0.15, 0.2) is 24.3 Å². The van der Waals surface area contributed by atoms with Gasteiger partial charge in [0.05, 0.1) is 5.69 Å². The molecule has 24 heavy (non-hydrogen) atoms. The lowest BCUT2D eigenvalue weighted by Gasteiger charge is -2.15. The van der Waals surface area contributed by atoms with Gasteiger partial charge >= 0.3 is 0 Å². The maximum Gasteiger partial charge on any atom is 0.272 e. The van der Waals surface area contributed by atoms with Crippen molar-refractivity contribution in [2.75, 3.05) is 6.61 Å². The van der Waals surface area contributed by atoms with Gasteiger partial charge in [-0.15, -0.1) is 0 Å². The monoisotopic (exact) mass is 327 g/mol. The second-order valence-electron chi connectivity index (χ2n) is 6.62. The fraction of sp³-hybridized carbons (Fsp3) is 0.474. The van der Waals surface area contributed by atoms with E-state index >= 15 is 0 Å². The van der Waals surface area contributed by atoms with Gasteiger partial charge in [-0.05, 0) is 58.1 Å². The van der Waals surface area contributed by atoms with Crippen molar-refractivity contribution in [3.05, 3.63) is 46.8 Å². The molecule has 0 aliphatic heterocycles. The predicted molar refractivity (Wildman–Crippen MR) is 93.6 cm³/mol. The molecule has 1 aromatic carbocycles. The summed E-state index contributed by atoms with van der Waals surface area (Å²) in [6.45, 7) is 4.03. The Kier molecular flexibility index (Phi) is 5.00. The summed E-state index contributed by atoms with van der Waals surface area (Å²) in [5.74, 6) is -0.139. The highest BCUT2D eigenvalue weighted by Gasteiger charge is 2.26. The zero-order valence-corrected chi connectivity index (χ0v) is 14.4. The molecule has 128 valence electrons. The molecule has 1 aliphatic carbocycles. The first-order valence-electron chi connectivity index (χ1n) is 8.69. The molecule has 1 aromatic heterocycles. The van der Waals surface area contributed by atoms with E-state index in [0.29, 0.717) is 12.1 Å². The van der Waals surface area contributed by atoms with Crippen molar-refractivity contribution < 1.29 is 9.90 Å². The Bertz CT molecular complexity index is 719. The number of amides is 1. The minimum absolute atomic E-state index is 0.0636. The number of aliphatic hydroxyl groups excluding tert-OH is 1. The lowest BCUT2D eigenvalue weighted by molar-refractivity contribution is 0.0928. The second-order valence-corrected chi connectivity index (χ2v) is 6.62. The summed E-state index contributed by atoms with van der Waals surface area (Å²) >= 11 is 0. The van der Waals surface area contributed by atoms with Crippen molar-refractivity contribution in [1.29, 1.82) is 0 Å². The van der Waals surface area contributed by atoms with Crippen LogP contribution >= 0.6 is 0 Å². The van der Waals surface area contributed by atoms with Crippen LogP contribution in [0.5, 0.6) is 0 Å². The Morgan fingerprint density at radius 3 is 2.71 bits per heavy atom. The fourth-order valence-corrected chi connectivity index (χ4v) is 3.24. The van der Waals surface area contributed by atoms with E-state index in [9.17, 15) is 4.79 Å². The van der Waals surface area contributed by atoms with Gasteiger partial charge in [0.1, 0.15) is 0 Å². The van der Waals surface area contributed by atoms with E-state index in [4.69, 9.17) is 5.11 Å². The minimum Gasteiger partial charge on any atom is -0.396 e. The fourth-order valence-electron chi connectivity index (χ4n) is 3.24. The molecule has 0 fully saturated rings. The van der Waals surface area contributed by atoms with Crippen LogP contribution in [0.2, 0.25) is 0 Å². The van der Waals surface area contributed by atoms with Gasteiger partial charge in [0.25, 0.3) is 5.91 Å². The van der Waals surface area contributed by atoms with Gasteiger partial charge < -0.3 is 10.4 Å². The summed E-state index contributed by atoms with van der Waals surface area (Å²) in [6.07, 6.45) is 4.63. The summed E-state index contributed by atoms with van der Waals surface area (Å²) in [6, 6.07) is 8.16. The number of aryl methyl sites for hydroxylation is 1. The Morgan fingerprint density at radius 2 is 2.00 bits per heavy atom. The predicted octanol–water partition coefficient (Wildman–Crippen LogP) is 2.56. The Labute approximate surface area is 142 Å². The number of nitrogens with one attached hydrogen (secondary N) is 1. The van der Waals surface area contributed by atoms with Crippen LogP contribution in [-0.4, -0.2) is 33.4 Å². The van der Waals surface area contributed by atoms with Crippen molar-refractivity contribution in [2.24, 2.45) is 0 Å². The number of benzene rings is 1. The Morgan fingerprint density at radius 1 is 1.29 bits per heavy atom. The van der Waals surface area contributed by atoms with E-state index in [1.54, 1.807) is 0 Å². The number of carbonyl (C=O) groups excluding carboxylic acids is 1. The number of fused-ring (bicyclic) bond motifs is 1. The SMILES string of the molecule is Cc1ccc(-n2nc(C(=O)N[C@H](C)CCO)c3c2CCCC3)cc1. The van der Waals surface area contributed by atoms with Crippen molar-refractivity contribution in [3.63, 3.8) is 0 Å². The molecule has 0 radical (unpaired) electrons. The van der Waals surface area contributed by atoms with Gasteiger partial charge in [-0.25, -0.2) is 4.68 Å². The number of hydrogen-bond donors (Lipinski definition) is 2. The maximum atomic E-state index is 12.6. The van der Waals surface area contributed by atoms with Crippen LogP contribution in [0.4, 0.5) is 0 Å². The lowest BCUT2D eigenvalue weighted by atomic mass is 9.95. The van der Waals surface area contributed by atoms with Crippen molar-refractivity contribution >= 4 is 5.91 Å². The zero-order valence-electron chi connectivity index (χ0n) is 14.4.